The summed E-state index contributed by atoms with van der Waals surface area (Å²) in [6.07, 6.45) is 3.58. The van der Waals surface area contributed by atoms with Gasteiger partial charge in [0.05, 0.1) is 5.60 Å². The maximum Gasteiger partial charge on any atom is 0.246 e. The second-order valence-corrected chi connectivity index (χ2v) is 6.86. The number of aliphatic hydroxyl groups is 1. The van der Waals surface area contributed by atoms with E-state index in [1.54, 1.807) is 0 Å². The third kappa shape index (κ3) is 3.34. The van der Waals surface area contributed by atoms with E-state index in [9.17, 15) is 22.3 Å². The highest BCUT2D eigenvalue weighted by Gasteiger charge is 2.32. The van der Waals surface area contributed by atoms with Gasteiger partial charge in [0, 0.05) is 6.54 Å². The molecule has 1 fully saturated rings. The minimum Gasteiger partial charge on any atom is -0.389 e. The summed E-state index contributed by atoms with van der Waals surface area (Å²) in [5.74, 6) is -2.29. The molecule has 112 valence electrons. The Hall–Kier alpha value is -1.05. The molecule has 0 bridgehead atoms. The fourth-order valence-corrected chi connectivity index (χ4v) is 3.68. The molecule has 1 aromatic rings. The van der Waals surface area contributed by atoms with Crippen LogP contribution in [0.25, 0.3) is 0 Å². The molecule has 1 aliphatic rings. The highest BCUT2D eigenvalue weighted by atomic mass is 32.2. The van der Waals surface area contributed by atoms with Gasteiger partial charge in [0.2, 0.25) is 10.0 Å². The number of hydrogen-bond acceptors (Lipinski definition) is 3. The number of nitrogens with one attached hydrogen (secondary N) is 1. The normalized spacial score (nSPS) is 18.9. The number of hydrogen-bond donors (Lipinski definition) is 2. The first-order valence-corrected chi connectivity index (χ1v) is 7.98. The van der Waals surface area contributed by atoms with E-state index in [1.807, 2.05) is 0 Å². The zero-order valence-corrected chi connectivity index (χ0v) is 11.7. The number of benzene rings is 1. The Morgan fingerprint density at radius 3 is 2.25 bits per heavy atom. The van der Waals surface area contributed by atoms with Gasteiger partial charge in [0.25, 0.3) is 0 Å². The van der Waals surface area contributed by atoms with Crippen LogP contribution in [-0.2, 0) is 10.0 Å². The van der Waals surface area contributed by atoms with Crippen LogP contribution in [0.1, 0.15) is 32.1 Å². The molecule has 4 nitrogen and oxygen atoms in total. The highest BCUT2D eigenvalue weighted by Crippen LogP contribution is 2.28. The second kappa shape index (κ2) is 5.75. The van der Waals surface area contributed by atoms with Gasteiger partial charge in [-0.25, -0.2) is 21.9 Å². The average Bonchev–Trinajstić information content (AvgIpc) is 2.37. The van der Waals surface area contributed by atoms with Crippen molar-refractivity contribution in [3.8, 4) is 0 Å². The quantitative estimate of drug-likeness (QED) is 0.893. The fraction of sp³-hybridized carbons (Fsp3) is 0.538. The Labute approximate surface area is 116 Å². The summed E-state index contributed by atoms with van der Waals surface area (Å²) < 4.78 is 53.0. The van der Waals surface area contributed by atoms with Gasteiger partial charge < -0.3 is 5.11 Å². The minimum absolute atomic E-state index is 0.233. The van der Waals surface area contributed by atoms with Crippen molar-refractivity contribution in [2.24, 2.45) is 0 Å². The predicted octanol–water partition coefficient (Wildman–Crippen LogP) is 1.94. The molecule has 1 aromatic carbocycles. The Balaban J connectivity index is 2.15. The first kappa shape index (κ1) is 15.3. The number of halogens is 2. The predicted molar refractivity (Wildman–Crippen MR) is 69.6 cm³/mol. The van der Waals surface area contributed by atoms with Crippen LogP contribution in [0.15, 0.2) is 23.1 Å². The van der Waals surface area contributed by atoms with Crippen molar-refractivity contribution in [1.82, 2.24) is 4.72 Å². The molecule has 0 spiro atoms. The van der Waals surface area contributed by atoms with Crippen molar-refractivity contribution >= 4 is 10.0 Å². The Bertz CT molecular complexity index is 563. The van der Waals surface area contributed by atoms with Crippen molar-refractivity contribution in [2.45, 2.75) is 42.6 Å². The first-order chi connectivity index (χ1) is 9.34. The molecule has 0 unspecified atom stereocenters. The highest BCUT2D eigenvalue weighted by molar-refractivity contribution is 7.89. The molecule has 0 heterocycles. The van der Waals surface area contributed by atoms with Crippen molar-refractivity contribution in [3.05, 3.63) is 29.8 Å². The van der Waals surface area contributed by atoms with Crippen LogP contribution < -0.4 is 4.72 Å². The summed E-state index contributed by atoms with van der Waals surface area (Å²) in [6, 6.07) is 2.86. The zero-order valence-electron chi connectivity index (χ0n) is 10.9. The van der Waals surface area contributed by atoms with Gasteiger partial charge in [-0.05, 0) is 25.0 Å². The lowest BCUT2D eigenvalue weighted by Gasteiger charge is -2.32. The first-order valence-electron chi connectivity index (χ1n) is 6.50. The molecule has 1 saturated carbocycles. The monoisotopic (exact) mass is 305 g/mol. The average molecular weight is 305 g/mol. The van der Waals surface area contributed by atoms with E-state index in [0.29, 0.717) is 12.8 Å². The van der Waals surface area contributed by atoms with Crippen LogP contribution in [0, 0.1) is 11.6 Å². The van der Waals surface area contributed by atoms with Gasteiger partial charge in [-0.1, -0.05) is 25.3 Å². The number of sulfonamides is 1. The van der Waals surface area contributed by atoms with Crippen LogP contribution in [0.2, 0.25) is 0 Å². The van der Waals surface area contributed by atoms with E-state index in [4.69, 9.17) is 0 Å². The van der Waals surface area contributed by atoms with Gasteiger partial charge in [0.1, 0.15) is 11.6 Å². The van der Waals surface area contributed by atoms with Crippen molar-refractivity contribution in [3.63, 3.8) is 0 Å². The van der Waals surface area contributed by atoms with Crippen LogP contribution in [0.4, 0.5) is 8.78 Å². The van der Waals surface area contributed by atoms with Gasteiger partial charge in [-0.2, -0.15) is 0 Å². The summed E-state index contributed by atoms with van der Waals surface area (Å²) in [5, 5.41) is 10.2. The minimum atomic E-state index is -4.32. The molecule has 0 amide bonds. The molecule has 0 atom stereocenters. The molecule has 0 radical (unpaired) electrons. The SMILES string of the molecule is O=S(=O)(NCC1(O)CCCCC1)c1c(F)cccc1F. The zero-order chi connectivity index (χ0) is 14.8. The summed E-state index contributed by atoms with van der Waals surface area (Å²) in [5.41, 5.74) is -1.13. The summed E-state index contributed by atoms with van der Waals surface area (Å²) in [6.45, 7) is -0.233. The fourth-order valence-electron chi connectivity index (χ4n) is 2.43. The van der Waals surface area contributed by atoms with E-state index in [2.05, 4.69) is 4.72 Å². The van der Waals surface area contributed by atoms with Crippen molar-refractivity contribution in [1.29, 1.82) is 0 Å². The lowest BCUT2D eigenvalue weighted by molar-refractivity contribution is 0.00943. The molecular weight excluding hydrogens is 288 g/mol. The van der Waals surface area contributed by atoms with Crippen LogP contribution in [0.3, 0.4) is 0 Å². The molecule has 0 saturated heterocycles. The Morgan fingerprint density at radius 2 is 1.70 bits per heavy atom. The maximum absolute atomic E-state index is 13.5. The summed E-state index contributed by atoms with van der Waals surface area (Å²) >= 11 is 0. The van der Waals surface area contributed by atoms with Gasteiger partial charge in [-0.15, -0.1) is 0 Å². The van der Waals surface area contributed by atoms with Crippen molar-refractivity contribution in [2.75, 3.05) is 6.54 Å². The molecule has 2 N–H and O–H groups in total. The summed E-state index contributed by atoms with van der Waals surface area (Å²) in [4.78, 5) is -1.00. The van der Waals surface area contributed by atoms with Gasteiger partial charge >= 0.3 is 0 Å². The molecule has 2 rings (SSSR count). The molecule has 20 heavy (non-hydrogen) atoms. The van der Waals surface area contributed by atoms with Gasteiger partial charge in [-0.3, -0.25) is 0 Å². The van der Waals surface area contributed by atoms with E-state index in [-0.39, 0.29) is 6.54 Å². The maximum atomic E-state index is 13.5. The lowest BCUT2D eigenvalue weighted by atomic mass is 9.85. The van der Waals surface area contributed by atoms with E-state index in [0.717, 1.165) is 37.5 Å². The van der Waals surface area contributed by atoms with E-state index < -0.39 is 32.2 Å². The Kier molecular flexibility index (Phi) is 4.41. The topological polar surface area (TPSA) is 66.4 Å². The largest absolute Gasteiger partial charge is 0.389 e. The third-order valence-electron chi connectivity index (χ3n) is 3.56. The molecule has 1 aliphatic carbocycles. The third-order valence-corrected chi connectivity index (χ3v) is 5.02. The second-order valence-electron chi connectivity index (χ2n) is 5.16. The van der Waals surface area contributed by atoms with Crippen LogP contribution in [0.5, 0.6) is 0 Å². The van der Waals surface area contributed by atoms with Crippen molar-refractivity contribution < 1.29 is 22.3 Å². The number of rotatable bonds is 4. The molecule has 0 aliphatic heterocycles. The smallest absolute Gasteiger partial charge is 0.246 e. The molecule has 0 aromatic heterocycles. The van der Waals surface area contributed by atoms with E-state index >= 15 is 0 Å². The summed E-state index contributed by atoms with van der Waals surface area (Å²) in [7, 11) is -4.32. The standard InChI is InChI=1S/C13H17F2NO3S/c14-10-5-4-6-11(15)12(10)20(18,19)16-9-13(17)7-2-1-3-8-13/h4-6,16-17H,1-3,7-9H2. The molecule has 7 heteroatoms. The van der Waals surface area contributed by atoms with Crippen LogP contribution >= 0.6 is 0 Å². The van der Waals surface area contributed by atoms with Gasteiger partial charge in [0.15, 0.2) is 4.90 Å². The molecular formula is C13H17F2NO3S. The van der Waals surface area contributed by atoms with E-state index in [1.165, 1.54) is 0 Å². The lowest BCUT2D eigenvalue weighted by Crippen LogP contribution is -2.44. The van der Waals surface area contributed by atoms with Crippen LogP contribution in [-0.4, -0.2) is 25.7 Å². The Morgan fingerprint density at radius 1 is 1.15 bits per heavy atom.